The number of amides is 1. The zero-order valence-corrected chi connectivity index (χ0v) is 22.0. The summed E-state index contributed by atoms with van der Waals surface area (Å²) in [6, 6.07) is 12.9. The molecule has 1 amide bonds. The Balaban J connectivity index is 0.00000274. The molecule has 2 fully saturated rings. The number of rotatable bonds is 5. The van der Waals surface area contributed by atoms with Gasteiger partial charge < -0.3 is 0 Å². The highest BCUT2D eigenvalue weighted by molar-refractivity contribution is 6.41. The fraction of sp³-hybridized carbons (Fsp3) is 0.440. The van der Waals surface area contributed by atoms with E-state index in [2.05, 4.69) is 17.4 Å². The Morgan fingerprint density at radius 1 is 1.03 bits per heavy atom. The first-order chi connectivity index (χ1) is 15.9. The van der Waals surface area contributed by atoms with Gasteiger partial charge in [0.15, 0.2) is 0 Å². The van der Waals surface area contributed by atoms with Crippen LogP contribution in [0.4, 0.5) is 5.69 Å². The fourth-order valence-electron chi connectivity index (χ4n) is 5.63. The molecule has 2 aliphatic heterocycles. The third-order valence-corrected chi connectivity index (χ3v) is 8.03. The van der Waals surface area contributed by atoms with Crippen molar-refractivity contribution in [2.75, 3.05) is 18.1 Å². The van der Waals surface area contributed by atoms with Gasteiger partial charge in [-0.15, -0.1) is 12.4 Å². The summed E-state index contributed by atoms with van der Waals surface area (Å²) in [4.78, 5) is 13.5. The number of halogens is 4. The average Bonchev–Trinajstić information content (AvgIpc) is 3.47. The molecule has 0 radical (unpaired) electrons. The van der Waals surface area contributed by atoms with Gasteiger partial charge in [0.05, 0.1) is 16.8 Å². The van der Waals surface area contributed by atoms with Crippen molar-refractivity contribution in [1.29, 1.82) is 0 Å². The molecule has 4 unspecified atom stereocenters. The molecular formula is C25H28Cl4N4O. The van der Waals surface area contributed by atoms with E-state index in [1.54, 1.807) is 12.1 Å². The van der Waals surface area contributed by atoms with Gasteiger partial charge in [0, 0.05) is 29.1 Å². The molecule has 34 heavy (non-hydrogen) atoms. The lowest BCUT2D eigenvalue weighted by Crippen LogP contribution is -2.45. The minimum atomic E-state index is -0.176. The molecule has 0 spiro atoms. The van der Waals surface area contributed by atoms with Gasteiger partial charge in [-0.25, -0.2) is 5.01 Å². The van der Waals surface area contributed by atoms with Crippen molar-refractivity contribution in [1.82, 2.24) is 10.4 Å². The fourth-order valence-corrected chi connectivity index (χ4v) is 6.26. The number of hydrazone groups is 1. The zero-order valence-electron chi connectivity index (χ0n) is 18.9. The summed E-state index contributed by atoms with van der Waals surface area (Å²) >= 11 is 18.9. The SMILES string of the molecule is CCC1C(C(=O)NN2CC3CCCC3C2)=NN(c2ccc(Cl)cc2Cl)C1c1ccc(Cl)cc1.Cl. The molecule has 0 aromatic heterocycles. The first kappa shape index (κ1) is 25.6. The van der Waals surface area contributed by atoms with Crippen molar-refractivity contribution in [3.63, 3.8) is 0 Å². The van der Waals surface area contributed by atoms with Gasteiger partial charge in [-0.2, -0.15) is 5.10 Å². The van der Waals surface area contributed by atoms with E-state index in [1.165, 1.54) is 19.3 Å². The number of hydrazine groups is 1. The summed E-state index contributed by atoms with van der Waals surface area (Å²) in [5.41, 5.74) is 5.43. The van der Waals surface area contributed by atoms with Crippen LogP contribution in [0.1, 0.15) is 44.2 Å². The molecule has 4 atom stereocenters. The highest BCUT2D eigenvalue weighted by atomic mass is 35.5. The first-order valence-electron chi connectivity index (χ1n) is 11.6. The van der Waals surface area contributed by atoms with Crippen LogP contribution in [0.15, 0.2) is 47.6 Å². The van der Waals surface area contributed by atoms with Crippen LogP contribution in [0.25, 0.3) is 0 Å². The monoisotopic (exact) mass is 540 g/mol. The highest BCUT2D eigenvalue weighted by Gasteiger charge is 2.43. The predicted octanol–water partition coefficient (Wildman–Crippen LogP) is 6.78. The first-order valence-corrected chi connectivity index (χ1v) is 12.7. The second kappa shape index (κ2) is 10.6. The minimum Gasteiger partial charge on any atom is -0.284 e. The number of carbonyl (C=O) groups excluding carboxylic acids is 1. The van der Waals surface area contributed by atoms with E-state index < -0.39 is 0 Å². The van der Waals surface area contributed by atoms with Crippen LogP contribution in [-0.2, 0) is 4.79 Å². The maximum atomic E-state index is 13.5. The number of hydrogen-bond donors (Lipinski definition) is 1. The molecule has 5 nitrogen and oxygen atoms in total. The van der Waals surface area contributed by atoms with E-state index in [-0.39, 0.29) is 30.3 Å². The molecule has 0 bridgehead atoms. The topological polar surface area (TPSA) is 47.9 Å². The van der Waals surface area contributed by atoms with E-state index in [0.717, 1.165) is 30.8 Å². The molecule has 2 aromatic rings. The van der Waals surface area contributed by atoms with Crippen molar-refractivity contribution in [2.24, 2.45) is 22.9 Å². The lowest BCUT2D eigenvalue weighted by Gasteiger charge is -2.29. The maximum Gasteiger partial charge on any atom is 0.282 e. The second-order valence-electron chi connectivity index (χ2n) is 9.23. The Morgan fingerprint density at radius 3 is 2.29 bits per heavy atom. The number of nitrogens with zero attached hydrogens (tertiary/aromatic N) is 3. The summed E-state index contributed by atoms with van der Waals surface area (Å²) in [6.07, 6.45) is 4.59. The van der Waals surface area contributed by atoms with E-state index >= 15 is 0 Å². The zero-order chi connectivity index (χ0) is 23.1. The Labute approximate surface area is 221 Å². The van der Waals surface area contributed by atoms with Crippen LogP contribution in [-0.4, -0.2) is 29.7 Å². The second-order valence-corrected chi connectivity index (χ2v) is 10.5. The van der Waals surface area contributed by atoms with Gasteiger partial charge in [0.1, 0.15) is 5.71 Å². The molecule has 1 saturated carbocycles. The molecule has 2 aromatic carbocycles. The minimum absolute atomic E-state index is 0. The van der Waals surface area contributed by atoms with Gasteiger partial charge in [0.2, 0.25) is 0 Å². The summed E-state index contributed by atoms with van der Waals surface area (Å²) in [5.74, 6) is 1.17. The lowest BCUT2D eigenvalue weighted by molar-refractivity contribution is -0.119. The Hall–Kier alpha value is -1.50. The Bertz CT molecular complexity index is 1070. The van der Waals surface area contributed by atoms with Gasteiger partial charge in [-0.3, -0.25) is 15.2 Å². The van der Waals surface area contributed by atoms with Gasteiger partial charge in [0.25, 0.3) is 5.91 Å². The molecule has 3 aliphatic rings. The Morgan fingerprint density at radius 2 is 1.68 bits per heavy atom. The summed E-state index contributed by atoms with van der Waals surface area (Å²) in [5, 5.41) is 10.5. The van der Waals surface area contributed by atoms with Gasteiger partial charge >= 0.3 is 0 Å². The largest absolute Gasteiger partial charge is 0.284 e. The number of fused-ring (bicyclic) bond motifs is 1. The van der Waals surface area contributed by atoms with Crippen molar-refractivity contribution >= 4 is 64.5 Å². The van der Waals surface area contributed by atoms with E-state index in [1.807, 2.05) is 35.3 Å². The van der Waals surface area contributed by atoms with Crippen LogP contribution >= 0.6 is 47.2 Å². The molecule has 9 heteroatoms. The lowest BCUT2D eigenvalue weighted by atomic mass is 9.87. The summed E-state index contributed by atoms with van der Waals surface area (Å²) in [7, 11) is 0. The summed E-state index contributed by atoms with van der Waals surface area (Å²) < 4.78 is 0. The molecule has 182 valence electrons. The van der Waals surface area contributed by atoms with Crippen molar-refractivity contribution in [3.05, 3.63) is 63.1 Å². The van der Waals surface area contributed by atoms with Crippen LogP contribution in [0.2, 0.25) is 15.1 Å². The van der Waals surface area contributed by atoms with Crippen LogP contribution < -0.4 is 10.4 Å². The number of nitrogens with one attached hydrogen (secondary N) is 1. The standard InChI is InChI=1S/C25H27Cl3N4O.ClH/c1-2-20-23(25(33)30-31-13-16-4-3-5-17(16)14-31)29-32(22-11-10-19(27)12-21(22)28)24(20)15-6-8-18(26)9-7-15;/h6-12,16-17,20,24H,2-5,13-14H2,1H3,(H,30,33);1H. The third-order valence-electron chi connectivity index (χ3n) is 7.24. The van der Waals surface area contributed by atoms with Gasteiger partial charge in [-0.05, 0) is 67.0 Å². The highest BCUT2D eigenvalue weighted by Crippen LogP contribution is 2.44. The van der Waals surface area contributed by atoms with E-state index in [4.69, 9.17) is 39.9 Å². The Kier molecular flexibility index (Phi) is 8.00. The van der Waals surface area contributed by atoms with Gasteiger partial charge in [-0.1, -0.05) is 60.3 Å². The van der Waals surface area contributed by atoms with Crippen molar-refractivity contribution in [2.45, 2.75) is 38.6 Å². The molecule has 5 rings (SSSR count). The molecule has 1 aliphatic carbocycles. The van der Waals surface area contributed by atoms with E-state index in [0.29, 0.717) is 32.6 Å². The molecule has 1 N–H and O–H groups in total. The average molecular weight is 542 g/mol. The predicted molar refractivity (Wildman–Crippen MR) is 142 cm³/mol. The van der Waals surface area contributed by atoms with Crippen molar-refractivity contribution in [3.8, 4) is 0 Å². The maximum absolute atomic E-state index is 13.5. The number of benzene rings is 2. The normalized spacial score (nSPS) is 26.2. The quantitative estimate of drug-likeness (QED) is 0.454. The molecular weight excluding hydrogens is 514 g/mol. The third kappa shape index (κ3) is 4.91. The van der Waals surface area contributed by atoms with Crippen LogP contribution in [0.5, 0.6) is 0 Å². The summed E-state index contributed by atoms with van der Waals surface area (Å²) in [6.45, 7) is 3.94. The van der Waals surface area contributed by atoms with Crippen LogP contribution in [0.3, 0.4) is 0 Å². The smallest absolute Gasteiger partial charge is 0.282 e. The van der Waals surface area contributed by atoms with Crippen LogP contribution in [0, 0.1) is 17.8 Å². The van der Waals surface area contributed by atoms with E-state index in [9.17, 15) is 4.79 Å². The number of hydrogen-bond acceptors (Lipinski definition) is 4. The molecule has 1 saturated heterocycles. The number of anilines is 1. The molecule has 2 heterocycles. The number of carbonyl (C=O) groups is 1. The van der Waals surface area contributed by atoms with Crippen molar-refractivity contribution < 1.29 is 4.79 Å².